The van der Waals surface area contributed by atoms with Crippen LogP contribution in [-0.2, 0) is 6.42 Å². The maximum absolute atomic E-state index is 6.20. The molecule has 0 heterocycles. The number of nitrogens with two attached hydrogens (primary N) is 1. The summed E-state index contributed by atoms with van der Waals surface area (Å²) in [6.45, 7) is 4.34. The number of benzene rings is 1. The first-order chi connectivity index (χ1) is 7.65. The Morgan fingerprint density at radius 3 is 2.56 bits per heavy atom. The van der Waals surface area contributed by atoms with E-state index in [2.05, 4.69) is 32.0 Å². The minimum absolute atomic E-state index is 0.354. The monoisotopic (exact) mass is 217 g/mol. The third kappa shape index (κ3) is 2.85. The van der Waals surface area contributed by atoms with Crippen LogP contribution in [0.3, 0.4) is 0 Å². The molecule has 0 bridgehead atoms. The van der Waals surface area contributed by atoms with Crippen molar-refractivity contribution in [2.45, 2.75) is 52.0 Å². The Morgan fingerprint density at radius 2 is 2.00 bits per heavy atom. The summed E-state index contributed by atoms with van der Waals surface area (Å²) in [6, 6.07) is 7.08. The zero-order chi connectivity index (χ0) is 11.5. The van der Waals surface area contributed by atoms with Crippen molar-refractivity contribution in [1.82, 2.24) is 0 Å². The Hall–Kier alpha value is -0.820. The lowest BCUT2D eigenvalue weighted by Gasteiger charge is -2.28. The van der Waals surface area contributed by atoms with Crippen LogP contribution in [0.25, 0.3) is 0 Å². The third-order valence-corrected chi connectivity index (χ3v) is 3.93. The summed E-state index contributed by atoms with van der Waals surface area (Å²) in [6.07, 6.45) is 6.48. The SMILES string of the molecule is Cc1ccc(CC(N)CC2CCC2)cc1C. The summed E-state index contributed by atoms with van der Waals surface area (Å²) < 4.78 is 0. The van der Waals surface area contributed by atoms with Crippen LogP contribution >= 0.6 is 0 Å². The lowest BCUT2D eigenvalue weighted by atomic mass is 9.80. The summed E-state index contributed by atoms with van der Waals surface area (Å²) in [5.74, 6) is 0.918. The summed E-state index contributed by atoms with van der Waals surface area (Å²) in [4.78, 5) is 0. The molecule has 2 N–H and O–H groups in total. The smallest absolute Gasteiger partial charge is 0.00819 e. The molecule has 1 heteroatoms. The van der Waals surface area contributed by atoms with Crippen LogP contribution in [0, 0.1) is 19.8 Å². The van der Waals surface area contributed by atoms with Crippen molar-refractivity contribution < 1.29 is 0 Å². The zero-order valence-corrected chi connectivity index (χ0v) is 10.5. The van der Waals surface area contributed by atoms with Crippen molar-refractivity contribution in [2.75, 3.05) is 0 Å². The first-order valence-electron chi connectivity index (χ1n) is 6.47. The molecule has 0 aliphatic heterocycles. The molecule has 1 aliphatic rings. The van der Waals surface area contributed by atoms with Crippen molar-refractivity contribution >= 4 is 0 Å². The van der Waals surface area contributed by atoms with Gasteiger partial charge < -0.3 is 5.73 Å². The Bertz CT molecular complexity index is 352. The first kappa shape index (κ1) is 11.7. The number of hydrogen-bond donors (Lipinski definition) is 1. The van der Waals surface area contributed by atoms with E-state index in [-0.39, 0.29) is 0 Å². The molecule has 1 aromatic rings. The molecule has 1 aliphatic carbocycles. The minimum atomic E-state index is 0.354. The summed E-state index contributed by atoms with van der Waals surface area (Å²) >= 11 is 0. The van der Waals surface area contributed by atoms with Gasteiger partial charge in [0.15, 0.2) is 0 Å². The van der Waals surface area contributed by atoms with Gasteiger partial charge in [-0.05, 0) is 49.3 Å². The average Bonchev–Trinajstić information content (AvgIpc) is 2.18. The Balaban J connectivity index is 1.89. The molecule has 1 aromatic carbocycles. The van der Waals surface area contributed by atoms with E-state index in [9.17, 15) is 0 Å². The molecule has 2 rings (SSSR count). The van der Waals surface area contributed by atoms with Crippen molar-refractivity contribution in [3.8, 4) is 0 Å². The number of rotatable bonds is 4. The molecule has 0 radical (unpaired) electrons. The maximum Gasteiger partial charge on any atom is 0.00819 e. The lowest BCUT2D eigenvalue weighted by Crippen LogP contribution is -2.28. The van der Waals surface area contributed by atoms with E-state index >= 15 is 0 Å². The van der Waals surface area contributed by atoms with Gasteiger partial charge in [-0.1, -0.05) is 37.5 Å². The fraction of sp³-hybridized carbons (Fsp3) is 0.600. The highest BCUT2D eigenvalue weighted by Gasteiger charge is 2.20. The fourth-order valence-corrected chi connectivity index (χ4v) is 2.47. The Labute approximate surface area is 99.0 Å². The second kappa shape index (κ2) is 5.01. The van der Waals surface area contributed by atoms with Gasteiger partial charge in [0, 0.05) is 6.04 Å². The summed E-state index contributed by atoms with van der Waals surface area (Å²) in [5, 5.41) is 0. The minimum Gasteiger partial charge on any atom is -0.327 e. The van der Waals surface area contributed by atoms with E-state index < -0.39 is 0 Å². The van der Waals surface area contributed by atoms with Crippen molar-refractivity contribution in [2.24, 2.45) is 11.7 Å². The molecule has 1 nitrogen and oxygen atoms in total. The van der Waals surface area contributed by atoms with Gasteiger partial charge in [0.2, 0.25) is 0 Å². The normalized spacial score (nSPS) is 18.2. The fourth-order valence-electron chi connectivity index (χ4n) is 2.47. The maximum atomic E-state index is 6.20. The Morgan fingerprint density at radius 1 is 1.25 bits per heavy atom. The quantitative estimate of drug-likeness (QED) is 0.822. The van der Waals surface area contributed by atoms with Gasteiger partial charge in [-0.25, -0.2) is 0 Å². The highest BCUT2D eigenvalue weighted by molar-refractivity contribution is 5.30. The van der Waals surface area contributed by atoms with Crippen LogP contribution in [0.15, 0.2) is 18.2 Å². The predicted molar refractivity (Wildman–Crippen MR) is 69.6 cm³/mol. The van der Waals surface area contributed by atoms with Gasteiger partial charge in [-0.3, -0.25) is 0 Å². The van der Waals surface area contributed by atoms with Crippen molar-refractivity contribution in [1.29, 1.82) is 0 Å². The summed E-state index contributed by atoms with van der Waals surface area (Å²) in [7, 11) is 0. The van der Waals surface area contributed by atoms with E-state index in [0.29, 0.717) is 6.04 Å². The van der Waals surface area contributed by atoms with Gasteiger partial charge >= 0.3 is 0 Å². The highest BCUT2D eigenvalue weighted by Crippen LogP contribution is 2.30. The average molecular weight is 217 g/mol. The first-order valence-corrected chi connectivity index (χ1v) is 6.47. The molecule has 88 valence electrons. The van der Waals surface area contributed by atoms with E-state index in [4.69, 9.17) is 5.73 Å². The van der Waals surface area contributed by atoms with Gasteiger partial charge in [0.1, 0.15) is 0 Å². The molecule has 0 spiro atoms. The Kier molecular flexibility index (Phi) is 3.65. The van der Waals surface area contributed by atoms with Crippen LogP contribution < -0.4 is 5.73 Å². The van der Waals surface area contributed by atoms with Gasteiger partial charge in [-0.15, -0.1) is 0 Å². The largest absolute Gasteiger partial charge is 0.327 e. The topological polar surface area (TPSA) is 26.0 Å². The van der Waals surface area contributed by atoms with Gasteiger partial charge in [0.25, 0.3) is 0 Å². The molecule has 1 fully saturated rings. The third-order valence-electron chi connectivity index (χ3n) is 3.93. The van der Waals surface area contributed by atoms with E-state index in [1.54, 1.807) is 0 Å². The number of hydrogen-bond acceptors (Lipinski definition) is 1. The highest BCUT2D eigenvalue weighted by atomic mass is 14.6. The van der Waals surface area contributed by atoms with Crippen LogP contribution in [0.2, 0.25) is 0 Å². The molecular formula is C15H23N. The second-order valence-electron chi connectivity index (χ2n) is 5.42. The van der Waals surface area contributed by atoms with E-state index in [0.717, 1.165) is 12.3 Å². The van der Waals surface area contributed by atoms with Crippen molar-refractivity contribution in [3.05, 3.63) is 34.9 Å². The second-order valence-corrected chi connectivity index (χ2v) is 5.42. The number of aryl methyl sites for hydroxylation is 2. The van der Waals surface area contributed by atoms with Gasteiger partial charge in [0.05, 0.1) is 0 Å². The molecule has 1 atom stereocenters. The lowest BCUT2D eigenvalue weighted by molar-refractivity contribution is 0.275. The predicted octanol–water partition coefficient (Wildman–Crippen LogP) is 3.36. The standard InChI is InChI=1S/C15H23N/c1-11-6-7-14(8-12(11)2)10-15(16)9-13-4-3-5-13/h6-8,13,15H,3-5,9-10,16H2,1-2H3. The van der Waals surface area contributed by atoms with Gasteiger partial charge in [-0.2, -0.15) is 0 Å². The zero-order valence-electron chi connectivity index (χ0n) is 10.5. The molecule has 1 saturated carbocycles. The van der Waals surface area contributed by atoms with Crippen LogP contribution in [0.5, 0.6) is 0 Å². The van der Waals surface area contributed by atoms with Crippen LogP contribution in [0.1, 0.15) is 42.4 Å². The summed E-state index contributed by atoms with van der Waals surface area (Å²) in [5.41, 5.74) is 10.4. The van der Waals surface area contributed by atoms with E-state index in [1.165, 1.54) is 42.4 Å². The molecular weight excluding hydrogens is 194 g/mol. The molecule has 0 amide bonds. The molecule has 0 saturated heterocycles. The van der Waals surface area contributed by atoms with Crippen LogP contribution in [-0.4, -0.2) is 6.04 Å². The van der Waals surface area contributed by atoms with Crippen molar-refractivity contribution in [3.63, 3.8) is 0 Å². The molecule has 1 unspecified atom stereocenters. The van der Waals surface area contributed by atoms with E-state index in [1.807, 2.05) is 0 Å². The molecule has 0 aromatic heterocycles. The van der Waals surface area contributed by atoms with Crippen LogP contribution in [0.4, 0.5) is 0 Å². The molecule has 16 heavy (non-hydrogen) atoms.